The van der Waals surface area contributed by atoms with Gasteiger partial charge in [0, 0.05) is 26.1 Å². The molecule has 3 rings (SSSR count). The first-order valence-electron chi connectivity index (χ1n) is 10.1. The number of likely N-dealkylation sites (tertiary alicyclic amines) is 1. The van der Waals surface area contributed by atoms with E-state index < -0.39 is 22.1 Å². The molecule has 1 aromatic rings. The van der Waals surface area contributed by atoms with Gasteiger partial charge in [-0.25, -0.2) is 0 Å². The van der Waals surface area contributed by atoms with Gasteiger partial charge in [0.05, 0.1) is 23.0 Å². The predicted molar refractivity (Wildman–Crippen MR) is 113 cm³/mol. The largest absolute Gasteiger partial charge is 1.00 e. The Balaban J connectivity index is 0. The van der Waals surface area contributed by atoms with Crippen molar-refractivity contribution in [3.63, 3.8) is 0 Å². The number of hydrogen-bond acceptors (Lipinski definition) is 5. The minimum Gasteiger partial charge on any atom is -1.00 e. The monoisotopic (exact) mass is 482 g/mol. The van der Waals surface area contributed by atoms with Crippen molar-refractivity contribution in [2.45, 2.75) is 48.6 Å². The summed E-state index contributed by atoms with van der Waals surface area (Å²) < 4.78 is 0. The smallest absolute Gasteiger partial charge is 1.00 e. The van der Waals surface area contributed by atoms with Gasteiger partial charge in [0.1, 0.15) is 0 Å². The molecular weight excluding hydrogens is 454 g/mol. The maximum atomic E-state index is 13.0. The summed E-state index contributed by atoms with van der Waals surface area (Å²) in [4.78, 5) is 50.2. The van der Waals surface area contributed by atoms with Gasteiger partial charge in [-0.2, -0.15) is 0 Å². The summed E-state index contributed by atoms with van der Waals surface area (Å²) in [6.07, 6.45) is 1.33. The van der Waals surface area contributed by atoms with E-state index in [9.17, 15) is 24.3 Å². The summed E-state index contributed by atoms with van der Waals surface area (Å²) in [6, 6.07) is 9.82. The van der Waals surface area contributed by atoms with Crippen LogP contribution in [0, 0.1) is 0 Å². The normalized spacial score (nSPS) is 19.2. The molecule has 8 nitrogen and oxygen atoms in total. The van der Waals surface area contributed by atoms with Gasteiger partial charge in [-0.05, 0) is 24.8 Å². The number of carboxylic acids is 2. The molecule has 1 unspecified atom stereocenters. The number of hydrogen-bond donors (Lipinski definition) is 2. The van der Waals surface area contributed by atoms with E-state index in [1.165, 1.54) is 11.8 Å². The minimum absolute atomic E-state index is 0. The first-order valence-corrected chi connectivity index (χ1v) is 10.9. The van der Waals surface area contributed by atoms with Gasteiger partial charge in [-0.1, -0.05) is 30.3 Å². The van der Waals surface area contributed by atoms with Crippen LogP contribution in [0.5, 0.6) is 0 Å². The minimum atomic E-state index is -1.00. The molecule has 0 saturated carbocycles. The Labute approximate surface area is 239 Å². The molecule has 1 spiro atoms. The Kier molecular flexibility index (Phi) is 12.3. The summed E-state index contributed by atoms with van der Waals surface area (Å²) >= 11 is 1.41. The van der Waals surface area contributed by atoms with E-state index in [0.717, 1.165) is 5.56 Å². The number of aliphatic carboxylic acids is 2. The zero-order valence-electron chi connectivity index (χ0n) is 20.7. The molecule has 32 heavy (non-hydrogen) atoms. The first-order chi connectivity index (χ1) is 14.3. The van der Waals surface area contributed by atoms with Crippen LogP contribution in [0.4, 0.5) is 0 Å². The van der Waals surface area contributed by atoms with Crippen LogP contribution < -0.4 is 59.1 Å². The molecule has 2 aliphatic rings. The standard InChI is InChI=1S/C21H26N2O6S.2Na.2H/c24-17(6-7-18(25)26)22-12-9-21(10-13-22)23(11-8-15-4-2-1-3-5-15)20(29)16(30-21)14-19(27)28;;;;/h1-5,16H,6-14H2,(H,25,26)(H,27,28);;;;/q;2*+1;2*-1. The third-order valence-corrected chi connectivity index (χ3v) is 7.39. The Morgan fingerprint density at radius 3 is 2.22 bits per heavy atom. The summed E-state index contributed by atoms with van der Waals surface area (Å²) in [5.74, 6) is -2.34. The number of amides is 2. The molecule has 11 heteroatoms. The van der Waals surface area contributed by atoms with Crippen molar-refractivity contribution in [3.8, 4) is 0 Å². The van der Waals surface area contributed by atoms with Crippen molar-refractivity contribution in [1.82, 2.24) is 9.80 Å². The van der Waals surface area contributed by atoms with Crippen LogP contribution in [0.25, 0.3) is 0 Å². The van der Waals surface area contributed by atoms with Gasteiger partial charge in [0.25, 0.3) is 0 Å². The van der Waals surface area contributed by atoms with E-state index in [1.807, 2.05) is 35.2 Å². The number of benzene rings is 1. The molecule has 2 N–H and O–H groups in total. The second kappa shape index (κ2) is 13.4. The van der Waals surface area contributed by atoms with E-state index >= 15 is 0 Å². The van der Waals surface area contributed by atoms with Gasteiger partial charge in [-0.3, -0.25) is 19.2 Å². The number of carboxylic acid groups (broad SMARTS) is 2. The third-order valence-electron chi connectivity index (χ3n) is 5.67. The molecule has 0 aromatic heterocycles. The van der Waals surface area contributed by atoms with Crippen LogP contribution in [0.2, 0.25) is 0 Å². The van der Waals surface area contributed by atoms with Crippen molar-refractivity contribution in [1.29, 1.82) is 0 Å². The fraction of sp³-hybridized carbons (Fsp3) is 0.524. The van der Waals surface area contributed by atoms with E-state index in [-0.39, 0.29) is 93.0 Å². The molecule has 166 valence electrons. The van der Waals surface area contributed by atoms with Crippen molar-refractivity contribution in [2.24, 2.45) is 0 Å². The van der Waals surface area contributed by atoms with Crippen LogP contribution in [0.1, 0.15) is 40.5 Å². The molecule has 2 aliphatic heterocycles. The second-order valence-electron chi connectivity index (χ2n) is 7.65. The van der Waals surface area contributed by atoms with Crippen LogP contribution in [0.15, 0.2) is 30.3 Å². The first kappa shape index (κ1) is 29.5. The maximum Gasteiger partial charge on any atom is 1.00 e. The quantitative estimate of drug-likeness (QED) is 0.364. The summed E-state index contributed by atoms with van der Waals surface area (Å²) in [5.41, 5.74) is 1.11. The SMILES string of the molecule is O=C(O)CCC(=O)N1CCC2(CC1)SC(CC(=O)O)C(=O)N2CCc1ccccc1.[H-].[H-].[Na+].[Na+]. The van der Waals surface area contributed by atoms with Crippen molar-refractivity contribution in [2.75, 3.05) is 19.6 Å². The molecule has 0 radical (unpaired) electrons. The van der Waals surface area contributed by atoms with E-state index in [0.29, 0.717) is 38.9 Å². The average Bonchev–Trinajstić information content (AvgIpc) is 2.96. The Hall–Kier alpha value is -0.550. The molecule has 2 fully saturated rings. The number of piperidine rings is 1. The molecule has 0 bridgehead atoms. The second-order valence-corrected chi connectivity index (χ2v) is 9.22. The molecular formula is C21H28N2Na2O6S. The van der Waals surface area contributed by atoms with Gasteiger partial charge < -0.3 is 22.9 Å². The summed E-state index contributed by atoms with van der Waals surface area (Å²) in [6.45, 7) is 1.36. The molecule has 1 aromatic carbocycles. The molecule has 2 saturated heterocycles. The number of carbonyl (C=O) groups is 4. The molecule has 2 amide bonds. The Morgan fingerprint density at radius 1 is 1.03 bits per heavy atom. The zero-order valence-corrected chi connectivity index (χ0v) is 23.5. The average molecular weight is 483 g/mol. The van der Waals surface area contributed by atoms with Crippen molar-refractivity contribution < 1.29 is 91.4 Å². The third kappa shape index (κ3) is 7.48. The molecule has 1 atom stereocenters. The van der Waals surface area contributed by atoms with Gasteiger partial charge >= 0.3 is 71.1 Å². The van der Waals surface area contributed by atoms with Crippen molar-refractivity contribution in [3.05, 3.63) is 35.9 Å². The molecule has 0 aliphatic carbocycles. The van der Waals surface area contributed by atoms with E-state index in [1.54, 1.807) is 4.90 Å². The van der Waals surface area contributed by atoms with Crippen LogP contribution in [-0.4, -0.2) is 73.5 Å². The van der Waals surface area contributed by atoms with Gasteiger partial charge in [-0.15, -0.1) is 11.8 Å². The summed E-state index contributed by atoms with van der Waals surface area (Å²) in [7, 11) is 0. The maximum absolute atomic E-state index is 13.0. The number of thioether (sulfide) groups is 1. The predicted octanol–water partition coefficient (Wildman–Crippen LogP) is -3.94. The number of nitrogens with zero attached hydrogens (tertiary/aromatic N) is 2. The van der Waals surface area contributed by atoms with Crippen molar-refractivity contribution >= 4 is 35.5 Å². The summed E-state index contributed by atoms with van der Waals surface area (Å²) in [5, 5.41) is 17.4. The fourth-order valence-electron chi connectivity index (χ4n) is 4.11. The number of rotatable bonds is 8. The van der Waals surface area contributed by atoms with Gasteiger partial charge in [0.15, 0.2) is 0 Å². The number of carbonyl (C=O) groups excluding carboxylic acids is 2. The zero-order chi connectivity index (χ0) is 21.7. The van der Waals surface area contributed by atoms with Gasteiger partial charge in [0.2, 0.25) is 11.8 Å². The van der Waals surface area contributed by atoms with Crippen LogP contribution >= 0.6 is 11.8 Å². The Morgan fingerprint density at radius 2 is 1.66 bits per heavy atom. The van der Waals surface area contributed by atoms with Crippen LogP contribution in [-0.2, 0) is 25.6 Å². The van der Waals surface area contributed by atoms with E-state index in [2.05, 4.69) is 0 Å². The van der Waals surface area contributed by atoms with E-state index in [4.69, 9.17) is 5.11 Å². The fourth-order valence-corrected chi connectivity index (χ4v) is 5.82. The Bertz CT molecular complexity index is 829. The molecule has 2 heterocycles. The van der Waals surface area contributed by atoms with Crippen LogP contribution in [0.3, 0.4) is 0 Å². The topological polar surface area (TPSA) is 115 Å².